The molecule has 2 N–H and O–H groups in total. The Morgan fingerprint density at radius 2 is 2.00 bits per heavy atom. The van der Waals surface area contributed by atoms with Crippen LogP contribution in [0.5, 0.6) is 5.75 Å². The highest BCUT2D eigenvalue weighted by Gasteiger charge is 2.18. The second-order valence-corrected chi connectivity index (χ2v) is 4.65. The molecule has 1 aromatic heterocycles. The van der Waals surface area contributed by atoms with E-state index >= 15 is 0 Å². The number of imidazole rings is 1. The van der Waals surface area contributed by atoms with Gasteiger partial charge in [-0.15, -0.1) is 0 Å². The van der Waals surface area contributed by atoms with E-state index in [2.05, 4.69) is 30.3 Å². The predicted octanol–water partition coefficient (Wildman–Crippen LogP) is 2.84. The summed E-state index contributed by atoms with van der Waals surface area (Å²) in [5.74, 6) is 1.82. The van der Waals surface area contributed by atoms with Gasteiger partial charge in [0.1, 0.15) is 11.3 Å². The zero-order valence-electron chi connectivity index (χ0n) is 10.8. The first-order valence-corrected chi connectivity index (χ1v) is 5.86. The molecule has 0 spiro atoms. The normalized spacial score (nSPS) is 13.2. The van der Waals surface area contributed by atoms with Crippen molar-refractivity contribution in [3.05, 3.63) is 18.2 Å². The Morgan fingerprint density at radius 1 is 1.29 bits per heavy atom. The van der Waals surface area contributed by atoms with Crippen LogP contribution in [-0.2, 0) is 0 Å². The van der Waals surface area contributed by atoms with Gasteiger partial charge in [0, 0.05) is 6.04 Å². The van der Waals surface area contributed by atoms with Crippen molar-refractivity contribution in [2.45, 2.75) is 26.8 Å². The number of nitrogens with zero attached hydrogens (tertiary/aromatic N) is 2. The third-order valence-electron chi connectivity index (χ3n) is 3.30. The molecular formula is C13H19N3O. The summed E-state index contributed by atoms with van der Waals surface area (Å²) in [4.78, 5) is 4.40. The number of aromatic nitrogens is 2. The summed E-state index contributed by atoms with van der Waals surface area (Å²) in [7, 11) is 1.65. The highest BCUT2D eigenvalue weighted by atomic mass is 16.5. The maximum atomic E-state index is 6.01. The molecule has 0 radical (unpaired) electrons. The highest BCUT2D eigenvalue weighted by Crippen LogP contribution is 2.31. The van der Waals surface area contributed by atoms with E-state index in [0.717, 1.165) is 16.8 Å². The van der Waals surface area contributed by atoms with Gasteiger partial charge in [-0.25, -0.2) is 4.98 Å². The van der Waals surface area contributed by atoms with E-state index in [1.165, 1.54) is 0 Å². The van der Waals surface area contributed by atoms with E-state index in [9.17, 15) is 0 Å². The van der Waals surface area contributed by atoms with Crippen LogP contribution >= 0.6 is 0 Å². The van der Waals surface area contributed by atoms with Crippen LogP contribution in [0.2, 0.25) is 0 Å². The van der Waals surface area contributed by atoms with Crippen molar-refractivity contribution in [3.8, 4) is 5.75 Å². The van der Waals surface area contributed by atoms with Gasteiger partial charge in [0.05, 0.1) is 12.6 Å². The summed E-state index contributed by atoms with van der Waals surface area (Å²) in [6.07, 6.45) is 0. The average Bonchev–Trinajstić information content (AvgIpc) is 2.63. The molecule has 4 nitrogen and oxygen atoms in total. The van der Waals surface area contributed by atoms with Crippen molar-refractivity contribution in [2.75, 3.05) is 12.8 Å². The van der Waals surface area contributed by atoms with Gasteiger partial charge in [-0.05, 0) is 25.0 Å². The molecule has 0 saturated carbocycles. The van der Waals surface area contributed by atoms with Gasteiger partial charge in [0.15, 0.2) is 0 Å². The molecule has 2 rings (SSSR count). The van der Waals surface area contributed by atoms with Crippen LogP contribution in [0, 0.1) is 5.92 Å². The first kappa shape index (κ1) is 11.8. The first-order chi connectivity index (χ1) is 8.06. The van der Waals surface area contributed by atoms with E-state index in [-0.39, 0.29) is 0 Å². The van der Waals surface area contributed by atoms with Crippen LogP contribution in [0.15, 0.2) is 18.2 Å². The van der Waals surface area contributed by atoms with Gasteiger partial charge in [0.25, 0.3) is 0 Å². The quantitative estimate of drug-likeness (QED) is 0.886. The molecule has 0 bridgehead atoms. The molecule has 1 aromatic carbocycles. The minimum atomic E-state index is 0.312. The van der Waals surface area contributed by atoms with Crippen molar-refractivity contribution in [3.63, 3.8) is 0 Å². The number of methoxy groups -OCH3 is 1. The second-order valence-electron chi connectivity index (χ2n) is 4.65. The summed E-state index contributed by atoms with van der Waals surface area (Å²) in [5, 5.41) is 0. The number of fused-ring (bicyclic) bond motifs is 1. The van der Waals surface area contributed by atoms with Crippen LogP contribution < -0.4 is 10.5 Å². The maximum absolute atomic E-state index is 6.01. The lowest BCUT2D eigenvalue weighted by molar-refractivity contribution is 0.417. The molecule has 0 aliphatic rings. The Balaban J connectivity index is 2.68. The molecule has 1 atom stereocenters. The van der Waals surface area contributed by atoms with Gasteiger partial charge in [-0.1, -0.05) is 19.9 Å². The average molecular weight is 233 g/mol. The highest BCUT2D eigenvalue weighted by molar-refractivity contribution is 5.84. The molecule has 17 heavy (non-hydrogen) atoms. The van der Waals surface area contributed by atoms with E-state index in [1.807, 2.05) is 18.2 Å². The van der Waals surface area contributed by atoms with E-state index in [4.69, 9.17) is 10.5 Å². The lowest BCUT2D eigenvalue weighted by Crippen LogP contribution is -2.13. The van der Waals surface area contributed by atoms with Gasteiger partial charge >= 0.3 is 0 Å². The first-order valence-electron chi connectivity index (χ1n) is 5.86. The predicted molar refractivity (Wildman–Crippen MR) is 70.2 cm³/mol. The Labute approximate surface area is 101 Å². The SMILES string of the molecule is COc1cccc2c1nc(N)n2C(C)C(C)C. The minimum absolute atomic E-state index is 0.312. The van der Waals surface area contributed by atoms with Gasteiger partial charge in [-0.2, -0.15) is 0 Å². The number of rotatable bonds is 3. The van der Waals surface area contributed by atoms with E-state index in [0.29, 0.717) is 17.9 Å². The third-order valence-corrected chi connectivity index (χ3v) is 3.30. The van der Waals surface area contributed by atoms with E-state index < -0.39 is 0 Å². The number of hydrogen-bond acceptors (Lipinski definition) is 3. The molecule has 92 valence electrons. The fourth-order valence-electron chi connectivity index (χ4n) is 2.00. The largest absolute Gasteiger partial charge is 0.494 e. The van der Waals surface area contributed by atoms with Gasteiger partial charge in [0.2, 0.25) is 5.95 Å². The standard InChI is InChI=1S/C13H19N3O/c1-8(2)9(3)16-10-6-5-7-11(17-4)12(10)15-13(16)14/h5-9H,1-4H3,(H2,14,15). The van der Waals surface area contributed by atoms with Crippen molar-refractivity contribution in [2.24, 2.45) is 5.92 Å². The molecule has 0 aliphatic heterocycles. The number of para-hydroxylation sites is 1. The number of nitrogens with two attached hydrogens (primary N) is 1. The smallest absolute Gasteiger partial charge is 0.201 e. The molecule has 4 heteroatoms. The maximum Gasteiger partial charge on any atom is 0.201 e. The summed E-state index contributed by atoms with van der Waals surface area (Å²) in [6, 6.07) is 6.21. The molecule has 0 amide bonds. The van der Waals surface area contributed by atoms with Gasteiger partial charge in [-0.3, -0.25) is 0 Å². The van der Waals surface area contributed by atoms with E-state index in [1.54, 1.807) is 7.11 Å². The molecule has 2 aromatic rings. The number of hydrogen-bond donors (Lipinski definition) is 1. The second kappa shape index (κ2) is 4.28. The molecule has 0 aliphatic carbocycles. The summed E-state index contributed by atoms with van der Waals surface area (Å²) < 4.78 is 7.38. The summed E-state index contributed by atoms with van der Waals surface area (Å²) >= 11 is 0. The van der Waals surface area contributed by atoms with Crippen LogP contribution in [0.1, 0.15) is 26.8 Å². The van der Waals surface area contributed by atoms with Crippen LogP contribution in [-0.4, -0.2) is 16.7 Å². The lowest BCUT2D eigenvalue weighted by atomic mass is 10.1. The molecule has 1 heterocycles. The minimum Gasteiger partial charge on any atom is -0.494 e. The Bertz CT molecular complexity index is 531. The Morgan fingerprint density at radius 3 is 2.59 bits per heavy atom. The number of ether oxygens (including phenoxy) is 1. The Kier molecular flexibility index (Phi) is 2.96. The molecule has 1 unspecified atom stereocenters. The molecule has 0 fully saturated rings. The zero-order valence-corrected chi connectivity index (χ0v) is 10.8. The number of nitrogen functional groups attached to an aromatic ring is 1. The molecule has 0 saturated heterocycles. The van der Waals surface area contributed by atoms with Crippen LogP contribution in [0.3, 0.4) is 0 Å². The third kappa shape index (κ3) is 1.84. The van der Waals surface area contributed by atoms with Crippen LogP contribution in [0.25, 0.3) is 11.0 Å². The number of anilines is 1. The van der Waals surface area contributed by atoms with Crippen molar-refractivity contribution in [1.29, 1.82) is 0 Å². The Hall–Kier alpha value is -1.71. The lowest BCUT2D eigenvalue weighted by Gasteiger charge is -2.19. The number of benzene rings is 1. The zero-order chi connectivity index (χ0) is 12.6. The summed E-state index contributed by atoms with van der Waals surface area (Å²) in [6.45, 7) is 6.51. The summed E-state index contributed by atoms with van der Waals surface area (Å²) in [5.41, 5.74) is 7.88. The van der Waals surface area contributed by atoms with Gasteiger partial charge < -0.3 is 15.0 Å². The van der Waals surface area contributed by atoms with Crippen molar-refractivity contribution >= 4 is 17.0 Å². The monoisotopic (exact) mass is 233 g/mol. The topological polar surface area (TPSA) is 53.1 Å². The van der Waals surface area contributed by atoms with Crippen LogP contribution in [0.4, 0.5) is 5.95 Å². The molecular weight excluding hydrogens is 214 g/mol. The van der Waals surface area contributed by atoms with Crippen molar-refractivity contribution in [1.82, 2.24) is 9.55 Å². The fourth-order valence-corrected chi connectivity index (χ4v) is 2.00. The fraction of sp³-hybridized carbons (Fsp3) is 0.462. The van der Waals surface area contributed by atoms with Crippen molar-refractivity contribution < 1.29 is 4.74 Å².